The quantitative estimate of drug-likeness (QED) is 0.776. The van der Waals surface area contributed by atoms with Crippen molar-refractivity contribution in [1.29, 1.82) is 0 Å². The molecule has 0 aliphatic carbocycles. The fourth-order valence-electron chi connectivity index (χ4n) is 3.48. The van der Waals surface area contributed by atoms with Crippen LogP contribution in [0.25, 0.3) is 11.4 Å². The number of carbonyl (C=O) groups is 1. The number of halogens is 1. The lowest BCUT2D eigenvalue weighted by Crippen LogP contribution is -2.45. The Balaban J connectivity index is 1.59. The minimum atomic E-state index is 0.0228. The largest absolute Gasteiger partial charge is 0.353 e. The van der Waals surface area contributed by atoms with Gasteiger partial charge in [-0.3, -0.25) is 9.69 Å². The molecular weight excluding hydrogens is 364 g/mol. The molecule has 3 rings (SSSR count). The first kappa shape index (κ1) is 19.8. The molecule has 0 bridgehead atoms. The molecule has 1 atom stereocenters. The standard InChI is InChI=1S/C20H27ClN4O2/c1-3-17(4-2)22-20(26)15-8-6-10-25(12-15)13-18-23-19(24-27-18)14-7-5-9-16(21)11-14/h5,7,9,11,15,17H,3-4,6,8,10,12-13H2,1-2H3,(H,22,26). The Morgan fingerprint density at radius 1 is 1.41 bits per heavy atom. The Morgan fingerprint density at radius 3 is 2.96 bits per heavy atom. The summed E-state index contributed by atoms with van der Waals surface area (Å²) in [6, 6.07) is 7.66. The van der Waals surface area contributed by atoms with E-state index < -0.39 is 0 Å². The van der Waals surface area contributed by atoms with Gasteiger partial charge >= 0.3 is 0 Å². The summed E-state index contributed by atoms with van der Waals surface area (Å²) >= 11 is 6.03. The first-order valence-corrected chi connectivity index (χ1v) is 10.1. The monoisotopic (exact) mass is 390 g/mol. The maximum atomic E-state index is 12.5. The van der Waals surface area contributed by atoms with Gasteiger partial charge in [-0.15, -0.1) is 0 Å². The van der Waals surface area contributed by atoms with Gasteiger partial charge in [0, 0.05) is 23.2 Å². The fraction of sp³-hybridized carbons (Fsp3) is 0.550. The summed E-state index contributed by atoms with van der Waals surface area (Å²) in [5, 5.41) is 7.87. The zero-order valence-corrected chi connectivity index (χ0v) is 16.7. The zero-order chi connectivity index (χ0) is 19.2. The number of rotatable bonds is 7. The van der Waals surface area contributed by atoms with Crippen LogP contribution in [0.3, 0.4) is 0 Å². The number of carbonyl (C=O) groups excluding carboxylic acids is 1. The van der Waals surface area contributed by atoms with Crippen LogP contribution in [-0.4, -0.2) is 40.1 Å². The van der Waals surface area contributed by atoms with Gasteiger partial charge in [0.2, 0.25) is 17.6 Å². The molecule has 0 radical (unpaired) electrons. The topological polar surface area (TPSA) is 71.3 Å². The van der Waals surface area contributed by atoms with Crippen molar-refractivity contribution in [2.75, 3.05) is 13.1 Å². The molecule has 1 unspecified atom stereocenters. The molecule has 1 fully saturated rings. The maximum Gasteiger partial charge on any atom is 0.241 e. The Bertz CT molecular complexity index is 760. The predicted molar refractivity (Wildman–Crippen MR) is 105 cm³/mol. The van der Waals surface area contributed by atoms with E-state index in [2.05, 4.69) is 34.2 Å². The number of nitrogens with zero attached hydrogens (tertiary/aromatic N) is 3. The van der Waals surface area contributed by atoms with Crippen LogP contribution in [0.5, 0.6) is 0 Å². The third kappa shape index (κ3) is 5.30. The molecule has 7 heteroatoms. The number of nitrogens with one attached hydrogen (secondary N) is 1. The molecule has 2 heterocycles. The fourth-order valence-corrected chi connectivity index (χ4v) is 3.67. The SMILES string of the molecule is CCC(CC)NC(=O)C1CCCN(Cc2nc(-c3cccc(Cl)c3)no2)C1. The highest BCUT2D eigenvalue weighted by Crippen LogP contribution is 2.22. The van der Waals surface area contributed by atoms with E-state index in [1.54, 1.807) is 0 Å². The van der Waals surface area contributed by atoms with Gasteiger partial charge in [-0.1, -0.05) is 42.7 Å². The van der Waals surface area contributed by atoms with Gasteiger partial charge in [-0.25, -0.2) is 0 Å². The molecule has 1 amide bonds. The van der Waals surface area contributed by atoms with Gasteiger partial charge in [-0.2, -0.15) is 4.98 Å². The lowest BCUT2D eigenvalue weighted by molar-refractivity contribution is -0.127. The Kier molecular flexibility index (Phi) is 6.85. The van der Waals surface area contributed by atoms with Crippen LogP contribution >= 0.6 is 11.6 Å². The lowest BCUT2D eigenvalue weighted by Gasteiger charge is -2.31. The molecule has 0 spiro atoms. The first-order valence-electron chi connectivity index (χ1n) is 9.70. The molecule has 1 aromatic carbocycles. The van der Waals surface area contributed by atoms with Gasteiger partial charge in [0.1, 0.15) is 0 Å². The van der Waals surface area contributed by atoms with Crippen molar-refractivity contribution < 1.29 is 9.32 Å². The van der Waals surface area contributed by atoms with E-state index in [9.17, 15) is 4.79 Å². The molecule has 1 aliphatic rings. The minimum Gasteiger partial charge on any atom is -0.353 e. The molecular formula is C20H27ClN4O2. The number of benzene rings is 1. The van der Waals surface area contributed by atoms with E-state index in [1.165, 1.54) is 0 Å². The van der Waals surface area contributed by atoms with E-state index >= 15 is 0 Å². The van der Waals surface area contributed by atoms with Gasteiger partial charge in [0.15, 0.2) is 0 Å². The molecule has 1 aliphatic heterocycles. The first-order chi connectivity index (χ1) is 13.1. The van der Waals surface area contributed by atoms with Gasteiger partial charge < -0.3 is 9.84 Å². The summed E-state index contributed by atoms with van der Waals surface area (Å²) in [5.41, 5.74) is 0.832. The van der Waals surface area contributed by atoms with Crippen molar-refractivity contribution in [3.8, 4) is 11.4 Å². The number of likely N-dealkylation sites (tertiary alicyclic amines) is 1. The summed E-state index contributed by atoms with van der Waals surface area (Å²) in [5.74, 6) is 1.28. The van der Waals surface area contributed by atoms with Crippen molar-refractivity contribution >= 4 is 17.5 Å². The summed E-state index contributed by atoms with van der Waals surface area (Å²) in [7, 11) is 0. The van der Waals surface area contributed by atoms with Gasteiger partial charge in [0.05, 0.1) is 12.5 Å². The van der Waals surface area contributed by atoms with Crippen molar-refractivity contribution in [3.05, 3.63) is 35.2 Å². The van der Waals surface area contributed by atoms with Crippen molar-refractivity contribution in [3.63, 3.8) is 0 Å². The van der Waals surface area contributed by atoms with Crippen molar-refractivity contribution in [2.24, 2.45) is 5.92 Å². The molecule has 6 nitrogen and oxygen atoms in total. The predicted octanol–water partition coefficient (Wildman–Crippen LogP) is 3.91. The Morgan fingerprint density at radius 2 is 2.22 bits per heavy atom. The van der Waals surface area contributed by atoms with E-state index in [4.69, 9.17) is 16.1 Å². The number of hydrogen-bond acceptors (Lipinski definition) is 5. The number of piperidine rings is 1. The zero-order valence-electron chi connectivity index (χ0n) is 15.9. The average Bonchev–Trinajstić information content (AvgIpc) is 3.14. The summed E-state index contributed by atoms with van der Waals surface area (Å²) in [6.45, 7) is 6.43. The molecule has 27 heavy (non-hydrogen) atoms. The summed E-state index contributed by atoms with van der Waals surface area (Å²) < 4.78 is 5.41. The lowest BCUT2D eigenvalue weighted by atomic mass is 9.96. The van der Waals surface area contributed by atoms with Crippen molar-refractivity contribution in [2.45, 2.75) is 52.1 Å². The highest BCUT2D eigenvalue weighted by atomic mass is 35.5. The highest BCUT2D eigenvalue weighted by molar-refractivity contribution is 6.30. The normalized spacial score (nSPS) is 18.0. The highest BCUT2D eigenvalue weighted by Gasteiger charge is 2.27. The minimum absolute atomic E-state index is 0.0228. The van der Waals surface area contributed by atoms with Crippen LogP contribution < -0.4 is 5.32 Å². The second-order valence-electron chi connectivity index (χ2n) is 7.12. The van der Waals surface area contributed by atoms with E-state index in [1.807, 2.05) is 24.3 Å². The van der Waals surface area contributed by atoms with Crippen LogP contribution in [0, 0.1) is 5.92 Å². The molecule has 1 N–H and O–H groups in total. The molecule has 1 aromatic heterocycles. The summed E-state index contributed by atoms with van der Waals surface area (Å²) in [6.07, 6.45) is 3.86. The Labute approximate surface area is 165 Å². The number of hydrogen-bond donors (Lipinski definition) is 1. The van der Waals surface area contributed by atoms with Crippen LogP contribution in [0.15, 0.2) is 28.8 Å². The van der Waals surface area contributed by atoms with Crippen LogP contribution in [0.2, 0.25) is 5.02 Å². The molecule has 0 saturated carbocycles. The van der Waals surface area contributed by atoms with E-state index in [0.29, 0.717) is 23.3 Å². The molecule has 146 valence electrons. The number of amides is 1. The second kappa shape index (κ2) is 9.33. The van der Waals surface area contributed by atoms with Crippen LogP contribution in [0.1, 0.15) is 45.4 Å². The average molecular weight is 391 g/mol. The van der Waals surface area contributed by atoms with Crippen LogP contribution in [0.4, 0.5) is 0 Å². The third-order valence-electron chi connectivity index (χ3n) is 5.12. The maximum absolute atomic E-state index is 12.5. The van der Waals surface area contributed by atoms with Crippen molar-refractivity contribution in [1.82, 2.24) is 20.4 Å². The van der Waals surface area contributed by atoms with Gasteiger partial charge in [-0.05, 0) is 44.4 Å². The van der Waals surface area contributed by atoms with Gasteiger partial charge in [0.25, 0.3) is 0 Å². The number of aromatic nitrogens is 2. The third-order valence-corrected chi connectivity index (χ3v) is 5.35. The smallest absolute Gasteiger partial charge is 0.241 e. The van der Waals surface area contributed by atoms with Crippen LogP contribution in [-0.2, 0) is 11.3 Å². The molecule has 2 aromatic rings. The summed E-state index contributed by atoms with van der Waals surface area (Å²) in [4.78, 5) is 19.2. The Hall–Kier alpha value is -1.92. The van der Waals surface area contributed by atoms with E-state index in [0.717, 1.165) is 44.3 Å². The second-order valence-corrected chi connectivity index (χ2v) is 7.55. The van der Waals surface area contributed by atoms with E-state index in [-0.39, 0.29) is 17.9 Å². The molecule has 1 saturated heterocycles.